The van der Waals surface area contributed by atoms with Gasteiger partial charge in [0.2, 0.25) is 11.8 Å². The highest BCUT2D eigenvalue weighted by atomic mass is 32.2. The number of unbranched alkanes of at least 4 members (excludes halogenated alkanes) is 3. The van der Waals surface area contributed by atoms with Crippen molar-refractivity contribution in [3.63, 3.8) is 0 Å². The van der Waals surface area contributed by atoms with E-state index in [1.54, 1.807) is 38.4 Å². The molecule has 0 aliphatic rings. The minimum absolute atomic E-state index is 0.114. The van der Waals surface area contributed by atoms with Gasteiger partial charge in [-0.25, -0.2) is 19.3 Å². The quantitative estimate of drug-likeness (QED) is 0.258. The van der Waals surface area contributed by atoms with E-state index >= 15 is 0 Å². The van der Waals surface area contributed by atoms with Crippen LogP contribution < -0.4 is 15.2 Å². The minimum atomic E-state index is -1.45. The van der Waals surface area contributed by atoms with Crippen molar-refractivity contribution in [2.45, 2.75) is 43.4 Å². The number of nitriles is 1. The smallest absolute Gasteiger partial charge is 0.223 e. The first-order chi connectivity index (χ1) is 18.4. The highest BCUT2D eigenvalue weighted by Crippen LogP contribution is 2.30. The van der Waals surface area contributed by atoms with Gasteiger partial charge in [0, 0.05) is 25.3 Å². The first-order valence-electron chi connectivity index (χ1n) is 12.3. The number of carbonyl (C=O) groups excluding carboxylic acids is 1. The number of nitrogens with one attached hydrogen (secondary N) is 2. The van der Waals surface area contributed by atoms with Gasteiger partial charge in [-0.15, -0.1) is 0 Å². The topological polar surface area (TPSA) is 147 Å². The van der Waals surface area contributed by atoms with E-state index in [0.29, 0.717) is 22.8 Å². The molecule has 0 aliphatic heterocycles. The second kappa shape index (κ2) is 14.6. The van der Waals surface area contributed by atoms with Crippen LogP contribution in [0.3, 0.4) is 0 Å². The molecule has 2 aromatic carbocycles. The van der Waals surface area contributed by atoms with Crippen LogP contribution in [0.4, 0.5) is 0 Å². The molecule has 0 spiro atoms. The number of hydrogen-bond donors (Lipinski definition) is 3. The van der Waals surface area contributed by atoms with Gasteiger partial charge in [-0.2, -0.15) is 5.26 Å². The van der Waals surface area contributed by atoms with Gasteiger partial charge in [-0.05, 0) is 49.2 Å². The monoisotopic (exact) mass is 532 g/mol. The number of pyridine rings is 1. The molecule has 0 saturated carbocycles. The highest BCUT2D eigenvalue weighted by Gasteiger charge is 2.12. The van der Waals surface area contributed by atoms with Gasteiger partial charge in [0.1, 0.15) is 16.8 Å². The molecule has 0 bridgehead atoms. The third-order valence-corrected chi connectivity index (χ3v) is 6.60. The molecule has 2 aromatic heterocycles. The Morgan fingerprint density at radius 1 is 1.13 bits per heavy atom. The van der Waals surface area contributed by atoms with Crippen LogP contribution in [0.15, 0.2) is 65.7 Å². The number of carbonyl (C=O) groups is 1. The number of methoxy groups -OCH3 is 1. The van der Waals surface area contributed by atoms with Crippen LogP contribution in [0.2, 0.25) is 0 Å². The third-order valence-electron chi connectivity index (χ3n) is 5.86. The summed E-state index contributed by atoms with van der Waals surface area (Å²) in [5, 5.41) is 17.2. The summed E-state index contributed by atoms with van der Waals surface area (Å²) in [5.41, 5.74) is 3.29. The van der Waals surface area contributed by atoms with Crippen LogP contribution in [0.25, 0.3) is 22.2 Å². The molecule has 2 heterocycles. The van der Waals surface area contributed by atoms with Crippen molar-refractivity contribution in [3.8, 4) is 23.2 Å². The zero-order valence-corrected chi connectivity index (χ0v) is 22.4. The number of nitrogens with two attached hydrogens (primary N) is 1. The Hall–Kier alpha value is -4.07. The highest BCUT2D eigenvalue weighted by molar-refractivity contribution is 7.82. The van der Waals surface area contributed by atoms with Crippen molar-refractivity contribution in [1.29, 1.82) is 5.26 Å². The summed E-state index contributed by atoms with van der Waals surface area (Å²) in [5.74, 6) is 1.67. The maximum atomic E-state index is 11.2. The molecule has 4 rings (SSSR count). The predicted molar refractivity (Wildman–Crippen MR) is 148 cm³/mol. The lowest BCUT2D eigenvalue weighted by atomic mass is 10.1. The van der Waals surface area contributed by atoms with Crippen LogP contribution in [0.5, 0.6) is 5.88 Å². The minimum Gasteiger partial charge on any atom is -0.480 e. The van der Waals surface area contributed by atoms with Crippen molar-refractivity contribution >= 4 is 27.8 Å². The average Bonchev–Trinajstić information content (AvgIpc) is 3.43. The molecule has 10 heteroatoms. The Labute approximate surface area is 225 Å². The van der Waals surface area contributed by atoms with E-state index in [0.717, 1.165) is 60.1 Å². The molecule has 4 aromatic rings. The number of nitrogens with zero attached hydrogens (tertiary/aromatic N) is 3. The van der Waals surface area contributed by atoms with Gasteiger partial charge in [0.05, 0.1) is 46.6 Å². The average molecular weight is 533 g/mol. The van der Waals surface area contributed by atoms with Gasteiger partial charge >= 0.3 is 0 Å². The molecule has 1 atom stereocenters. The molecular weight excluding hydrogens is 500 g/mol. The van der Waals surface area contributed by atoms with Crippen molar-refractivity contribution in [1.82, 2.24) is 20.3 Å². The van der Waals surface area contributed by atoms with Crippen molar-refractivity contribution in [2.75, 3.05) is 14.2 Å². The van der Waals surface area contributed by atoms with E-state index in [-0.39, 0.29) is 5.91 Å². The molecule has 0 aliphatic carbocycles. The molecule has 1 amide bonds. The summed E-state index contributed by atoms with van der Waals surface area (Å²) in [6.45, 7) is 0. The fraction of sp³-hybridized carbons (Fsp3) is 0.286. The fourth-order valence-electron chi connectivity index (χ4n) is 3.79. The second-order valence-electron chi connectivity index (χ2n) is 8.50. The normalized spacial score (nSPS) is 11.2. The number of rotatable bonds is 10. The number of benzene rings is 2. The number of ether oxygens (including phenoxy) is 1. The van der Waals surface area contributed by atoms with E-state index in [1.165, 1.54) is 0 Å². The fourth-order valence-corrected chi connectivity index (χ4v) is 4.20. The number of para-hydroxylation sites is 1. The Kier molecular flexibility index (Phi) is 11.0. The first kappa shape index (κ1) is 28.5. The van der Waals surface area contributed by atoms with E-state index in [4.69, 9.17) is 15.1 Å². The Bertz CT molecular complexity index is 1410. The summed E-state index contributed by atoms with van der Waals surface area (Å²) >= 11 is 0. The molecule has 0 radical (unpaired) electrons. The number of H-pyrrole nitrogens is 1. The summed E-state index contributed by atoms with van der Waals surface area (Å²) in [6.07, 6.45) is 7.48. The number of aromatic amines is 1. The van der Waals surface area contributed by atoms with E-state index in [2.05, 4.69) is 26.3 Å². The van der Waals surface area contributed by atoms with Gasteiger partial charge in [-0.3, -0.25) is 4.79 Å². The largest absolute Gasteiger partial charge is 0.480 e. The standard InChI is InChI=1S/C21H26N4O2.C7H6N2OS/c1-22-20(26)12-6-4-3-5-11-19-23-14-18(24-19)16-13-15-9-7-8-10-17(15)25-21(16)27-2;8-5-6-1-3-7(4-2-6)11(9)10/h7-10,13-14H,3-6,11-12H2,1-2H3,(H,22,26)(H,23,24);1-4H,9H2. The maximum Gasteiger partial charge on any atom is 0.223 e. The molecule has 38 heavy (non-hydrogen) atoms. The van der Waals surface area contributed by atoms with E-state index < -0.39 is 11.0 Å². The summed E-state index contributed by atoms with van der Waals surface area (Å²) in [6, 6.07) is 18.3. The van der Waals surface area contributed by atoms with Gasteiger partial charge in [0.15, 0.2) is 0 Å². The van der Waals surface area contributed by atoms with Crippen LogP contribution in [-0.4, -0.2) is 39.2 Å². The zero-order valence-electron chi connectivity index (χ0n) is 21.6. The lowest BCUT2D eigenvalue weighted by Gasteiger charge is -2.07. The van der Waals surface area contributed by atoms with Crippen molar-refractivity contribution in [3.05, 3.63) is 72.2 Å². The van der Waals surface area contributed by atoms with Crippen LogP contribution >= 0.6 is 0 Å². The number of aryl methyl sites for hydroxylation is 1. The zero-order chi connectivity index (χ0) is 27.3. The van der Waals surface area contributed by atoms with Crippen molar-refractivity contribution < 1.29 is 13.7 Å². The van der Waals surface area contributed by atoms with E-state index in [9.17, 15) is 9.00 Å². The molecule has 1 unspecified atom stereocenters. The van der Waals surface area contributed by atoms with Gasteiger partial charge in [0.25, 0.3) is 0 Å². The second-order valence-corrected chi connectivity index (χ2v) is 9.57. The third kappa shape index (κ3) is 8.23. The van der Waals surface area contributed by atoms with Crippen LogP contribution in [0.1, 0.15) is 43.5 Å². The summed E-state index contributed by atoms with van der Waals surface area (Å²) < 4.78 is 16.1. The van der Waals surface area contributed by atoms with E-state index in [1.807, 2.05) is 36.5 Å². The van der Waals surface area contributed by atoms with Crippen LogP contribution in [0, 0.1) is 11.3 Å². The Morgan fingerprint density at radius 2 is 1.87 bits per heavy atom. The number of hydrogen-bond acceptors (Lipinski definition) is 6. The molecular formula is C28H32N6O3S. The first-order valence-corrected chi connectivity index (χ1v) is 13.5. The molecule has 0 fully saturated rings. The Morgan fingerprint density at radius 3 is 2.55 bits per heavy atom. The number of amides is 1. The molecule has 198 valence electrons. The molecule has 0 saturated heterocycles. The number of imidazole rings is 1. The molecule has 4 N–H and O–H groups in total. The van der Waals surface area contributed by atoms with Gasteiger partial charge in [-0.1, -0.05) is 31.0 Å². The SMILES string of the molecule is CNC(=O)CCCCCCc1ncc(-c2cc3ccccc3nc2OC)[nH]1.N#Cc1ccc(S(N)=O)cc1. The summed E-state index contributed by atoms with van der Waals surface area (Å²) in [4.78, 5) is 24.2. The van der Waals surface area contributed by atoms with Crippen molar-refractivity contribution in [2.24, 2.45) is 5.14 Å². The number of fused-ring (bicyclic) bond motifs is 1. The number of aromatic nitrogens is 3. The maximum absolute atomic E-state index is 11.2. The lowest BCUT2D eigenvalue weighted by Crippen LogP contribution is -2.16. The van der Waals surface area contributed by atoms with Gasteiger partial charge < -0.3 is 15.0 Å². The predicted octanol–water partition coefficient (Wildman–Crippen LogP) is 4.41. The van der Waals surface area contributed by atoms with Crippen LogP contribution in [-0.2, 0) is 22.2 Å². The Balaban J connectivity index is 0.000000304. The lowest BCUT2D eigenvalue weighted by molar-refractivity contribution is -0.120. The molecule has 9 nitrogen and oxygen atoms in total. The summed E-state index contributed by atoms with van der Waals surface area (Å²) in [7, 11) is 1.86.